The van der Waals surface area contributed by atoms with Crippen molar-refractivity contribution in [1.29, 1.82) is 0 Å². The van der Waals surface area contributed by atoms with E-state index in [0.717, 1.165) is 109 Å². The zero-order chi connectivity index (χ0) is 56.4. The third-order valence-corrected chi connectivity index (χ3v) is 15.3. The van der Waals surface area contributed by atoms with Crippen LogP contribution < -0.4 is 0 Å². The molecule has 0 rings (SSSR count). The summed E-state index contributed by atoms with van der Waals surface area (Å²) in [7, 11) is 0. The van der Waals surface area contributed by atoms with Gasteiger partial charge < -0.3 is 14.2 Å². The largest absolute Gasteiger partial charge is 0.462 e. The van der Waals surface area contributed by atoms with E-state index in [2.05, 4.69) is 81.5 Å². The lowest BCUT2D eigenvalue weighted by Gasteiger charge is -2.18. The molecule has 0 bridgehead atoms. The monoisotopic (exact) mass is 1090 g/mol. The van der Waals surface area contributed by atoms with Gasteiger partial charge in [-0.3, -0.25) is 14.4 Å². The molecule has 0 radical (unpaired) electrons. The summed E-state index contributed by atoms with van der Waals surface area (Å²) in [5.41, 5.74) is 0. The van der Waals surface area contributed by atoms with Crippen LogP contribution in [0.5, 0.6) is 0 Å². The van der Waals surface area contributed by atoms with E-state index in [0.29, 0.717) is 19.3 Å². The summed E-state index contributed by atoms with van der Waals surface area (Å²) in [4.78, 5) is 38.0. The zero-order valence-electron chi connectivity index (χ0n) is 52.2. The van der Waals surface area contributed by atoms with Gasteiger partial charge in [-0.15, -0.1) is 0 Å². The summed E-state index contributed by atoms with van der Waals surface area (Å²) < 4.78 is 16.8. The van der Waals surface area contributed by atoms with Crippen LogP contribution in [0, 0.1) is 0 Å². The predicted molar refractivity (Wildman–Crippen MR) is 339 cm³/mol. The Kier molecular flexibility index (Phi) is 64.2. The van der Waals surface area contributed by atoms with Crippen molar-refractivity contribution in [2.24, 2.45) is 0 Å². The van der Waals surface area contributed by atoms with Crippen LogP contribution in [0.25, 0.3) is 0 Å². The zero-order valence-corrected chi connectivity index (χ0v) is 52.2. The van der Waals surface area contributed by atoms with Gasteiger partial charge in [-0.25, -0.2) is 0 Å². The Morgan fingerprint density at radius 3 is 0.782 bits per heavy atom. The average Bonchev–Trinajstić information content (AvgIpc) is 3.44. The van der Waals surface area contributed by atoms with Crippen LogP contribution in [0.3, 0.4) is 0 Å². The molecule has 6 heteroatoms. The minimum Gasteiger partial charge on any atom is -0.462 e. The molecule has 0 aromatic rings. The van der Waals surface area contributed by atoms with E-state index in [4.69, 9.17) is 14.2 Å². The minimum absolute atomic E-state index is 0.0790. The first-order valence-corrected chi connectivity index (χ1v) is 34.3. The van der Waals surface area contributed by atoms with E-state index in [-0.39, 0.29) is 31.1 Å². The summed E-state index contributed by atoms with van der Waals surface area (Å²) in [6, 6.07) is 0. The van der Waals surface area contributed by atoms with E-state index in [1.54, 1.807) is 0 Å². The molecule has 6 nitrogen and oxygen atoms in total. The topological polar surface area (TPSA) is 78.9 Å². The van der Waals surface area contributed by atoms with Crippen molar-refractivity contribution < 1.29 is 28.6 Å². The molecule has 0 aliphatic heterocycles. The number of allylic oxidation sites excluding steroid dienone is 10. The van der Waals surface area contributed by atoms with Crippen LogP contribution in [-0.2, 0) is 28.6 Å². The maximum absolute atomic E-state index is 12.8. The maximum Gasteiger partial charge on any atom is 0.306 e. The first-order chi connectivity index (χ1) is 38.5. The molecule has 0 spiro atoms. The Bertz CT molecular complexity index is 1390. The van der Waals surface area contributed by atoms with Crippen LogP contribution in [0.4, 0.5) is 0 Å². The maximum atomic E-state index is 12.8. The number of ether oxygens (including phenoxy) is 3. The molecule has 0 aromatic carbocycles. The Balaban J connectivity index is 3.97. The first-order valence-electron chi connectivity index (χ1n) is 34.3. The molecule has 0 N–H and O–H groups in total. The van der Waals surface area contributed by atoms with Crippen LogP contribution in [-0.4, -0.2) is 37.2 Å². The van der Waals surface area contributed by atoms with E-state index in [1.165, 1.54) is 212 Å². The SMILES string of the molecule is CC/C=C\C/C=C\C/C=C\C/C=C\C/C=C\CCCCCCCC(=O)OC(COC(=O)CCCCCCCC)COC(=O)CCCCCCCCCCCCCCCCCCCCCCCCCCCCCCCCCCC. The van der Waals surface area contributed by atoms with Crippen LogP contribution in [0.15, 0.2) is 60.8 Å². The van der Waals surface area contributed by atoms with Gasteiger partial charge in [-0.05, 0) is 64.2 Å². The van der Waals surface area contributed by atoms with E-state index in [1.807, 2.05) is 0 Å². The molecule has 0 heterocycles. The number of esters is 3. The molecule has 454 valence electrons. The number of carbonyl (C=O) groups is 3. The van der Waals surface area contributed by atoms with Gasteiger partial charge in [0.05, 0.1) is 0 Å². The summed E-state index contributed by atoms with van der Waals surface area (Å²) in [6.07, 6.45) is 85.9. The van der Waals surface area contributed by atoms with Gasteiger partial charge in [-0.1, -0.05) is 338 Å². The Hall–Kier alpha value is -2.89. The molecule has 1 atom stereocenters. The second-order valence-electron chi connectivity index (χ2n) is 23.1. The minimum atomic E-state index is -0.781. The Morgan fingerprint density at radius 2 is 0.500 bits per heavy atom. The summed E-state index contributed by atoms with van der Waals surface area (Å²) in [5, 5.41) is 0. The van der Waals surface area contributed by atoms with Gasteiger partial charge in [0.15, 0.2) is 6.10 Å². The van der Waals surface area contributed by atoms with Crippen LogP contribution in [0.1, 0.15) is 361 Å². The van der Waals surface area contributed by atoms with Gasteiger partial charge in [0, 0.05) is 19.3 Å². The van der Waals surface area contributed by atoms with E-state index in [9.17, 15) is 14.4 Å². The van der Waals surface area contributed by atoms with Crippen molar-refractivity contribution >= 4 is 17.9 Å². The van der Waals surface area contributed by atoms with Crippen molar-refractivity contribution in [2.75, 3.05) is 13.2 Å². The highest BCUT2D eigenvalue weighted by Crippen LogP contribution is 2.18. The fourth-order valence-corrected chi connectivity index (χ4v) is 10.2. The van der Waals surface area contributed by atoms with E-state index < -0.39 is 6.10 Å². The number of hydrogen-bond donors (Lipinski definition) is 0. The fourth-order valence-electron chi connectivity index (χ4n) is 10.2. The normalized spacial score (nSPS) is 12.4. The lowest BCUT2D eigenvalue weighted by atomic mass is 10.0. The molecule has 0 aromatic heterocycles. The van der Waals surface area contributed by atoms with Crippen LogP contribution in [0.2, 0.25) is 0 Å². The second kappa shape index (κ2) is 66.6. The molecule has 0 aliphatic carbocycles. The highest BCUT2D eigenvalue weighted by atomic mass is 16.6. The molecular formula is C72H130O6. The number of hydrogen-bond acceptors (Lipinski definition) is 6. The Morgan fingerprint density at radius 1 is 0.269 bits per heavy atom. The summed E-state index contributed by atoms with van der Waals surface area (Å²) in [6.45, 7) is 6.50. The second-order valence-corrected chi connectivity index (χ2v) is 23.1. The predicted octanol–water partition coefficient (Wildman–Crippen LogP) is 23.5. The molecule has 0 fully saturated rings. The summed E-state index contributed by atoms with van der Waals surface area (Å²) in [5.74, 6) is -0.892. The molecule has 1 unspecified atom stereocenters. The highest BCUT2D eigenvalue weighted by molar-refractivity contribution is 5.71. The van der Waals surface area contributed by atoms with Gasteiger partial charge in [0.25, 0.3) is 0 Å². The number of rotatable bonds is 63. The van der Waals surface area contributed by atoms with Gasteiger partial charge in [0.2, 0.25) is 0 Å². The molecule has 0 aliphatic rings. The molecule has 0 saturated heterocycles. The van der Waals surface area contributed by atoms with Crippen molar-refractivity contribution in [1.82, 2.24) is 0 Å². The van der Waals surface area contributed by atoms with E-state index >= 15 is 0 Å². The van der Waals surface area contributed by atoms with Crippen molar-refractivity contribution in [3.05, 3.63) is 60.8 Å². The number of carbonyl (C=O) groups excluding carboxylic acids is 3. The standard InChI is InChI=1S/C72H130O6/c1-4-7-10-13-16-18-20-22-24-26-28-30-31-32-33-34-35-36-37-38-39-40-41-43-44-46-48-50-52-54-56-59-62-65-71(74)77-68-69(67-76-70(73)64-61-58-15-12-9-6-3)78-72(75)66-63-60-57-55-53-51-49-47-45-42-29-27-25-23-21-19-17-14-11-8-5-2/h8,11,17,19,23,25,29,42,47,49,69H,4-7,9-10,12-16,18,20-22,24,26-28,30-41,43-46,48,50-68H2,1-3H3/b11-8-,19-17-,25-23-,42-29-,49-47-. The molecule has 0 amide bonds. The third kappa shape index (κ3) is 63.9. The Labute approximate surface area is 485 Å². The van der Waals surface area contributed by atoms with Gasteiger partial charge >= 0.3 is 17.9 Å². The quantitative estimate of drug-likeness (QED) is 0.0261. The first kappa shape index (κ1) is 75.1. The van der Waals surface area contributed by atoms with Crippen molar-refractivity contribution in [2.45, 2.75) is 367 Å². The lowest BCUT2D eigenvalue weighted by molar-refractivity contribution is -0.167. The number of unbranched alkanes of at least 4 members (excludes halogenated alkanes) is 42. The van der Waals surface area contributed by atoms with Crippen LogP contribution >= 0.6 is 0 Å². The van der Waals surface area contributed by atoms with Gasteiger partial charge in [0.1, 0.15) is 13.2 Å². The fraction of sp³-hybridized carbons (Fsp3) is 0.819. The smallest absolute Gasteiger partial charge is 0.306 e. The highest BCUT2D eigenvalue weighted by Gasteiger charge is 2.19. The lowest BCUT2D eigenvalue weighted by Crippen LogP contribution is -2.30. The molecule has 78 heavy (non-hydrogen) atoms. The molecular weight excluding hydrogens is 961 g/mol. The van der Waals surface area contributed by atoms with Crippen molar-refractivity contribution in [3.63, 3.8) is 0 Å². The molecule has 0 saturated carbocycles. The van der Waals surface area contributed by atoms with Gasteiger partial charge in [-0.2, -0.15) is 0 Å². The van der Waals surface area contributed by atoms with Crippen molar-refractivity contribution in [3.8, 4) is 0 Å². The third-order valence-electron chi connectivity index (χ3n) is 15.3. The average molecular weight is 1090 g/mol. The summed E-state index contributed by atoms with van der Waals surface area (Å²) >= 11 is 0.